The Balaban J connectivity index is 2.02. The second-order valence-corrected chi connectivity index (χ2v) is 7.41. The topological polar surface area (TPSA) is 20.3 Å². The van der Waals surface area contributed by atoms with Gasteiger partial charge >= 0.3 is 0 Å². The lowest BCUT2D eigenvalue weighted by Gasteiger charge is -2.42. The number of carbonyl (C=O) groups is 1. The van der Waals surface area contributed by atoms with Crippen LogP contribution >= 0.6 is 11.6 Å². The van der Waals surface area contributed by atoms with Gasteiger partial charge in [-0.1, -0.05) is 33.6 Å². The van der Waals surface area contributed by atoms with E-state index in [9.17, 15) is 4.79 Å². The minimum Gasteiger partial charge on any atom is -0.342 e. The molecule has 2 aliphatic rings. The van der Waals surface area contributed by atoms with E-state index in [1.165, 1.54) is 19.3 Å². The van der Waals surface area contributed by atoms with Gasteiger partial charge in [0.05, 0.1) is 0 Å². The van der Waals surface area contributed by atoms with E-state index in [-0.39, 0.29) is 16.7 Å². The number of hydrogen-bond acceptors (Lipinski definition) is 1. The van der Waals surface area contributed by atoms with Gasteiger partial charge in [-0.2, -0.15) is 0 Å². The molecule has 0 aromatic heterocycles. The molecule has 2 nitrogen and oxygen atoms in total. The van der Waals surface area contributed by atoms with Crippen LogP contribution in [-0.2, 0) is 4.79 Å². The Labute approximate surface area is 116 Å². The highest BCUT2D eigenvalue weighted by atomic mass is 35.5. The zero-order valence-corrected chi connectivity index (χ0v) is 12.7. The van der Waals surface area contributed by atoms with E-state index in [0.717, 1.165) is 25.9 Å². The molecule has 1 amide bonds. The van der Waals surface area contributed by atoms with Gasteiger partial charge in [-0.25, -0.2) is 0 Å². The fourth-order valence-electron chi connectivity index (χ4n) is 3.49. The molecule has 0 spiro atoms. The molecule has 1 saturated heterocycles. The molecule has 104 valence electrons. The van der Waals surface area contributed by atoms with Crippen molar-refractivity contribution in [2.75, 3.05) is 13.1 Å². The predicted octanol–water partition coefficient (Wildman–Crippen LogP) is 3.68. The third-order valence-electron chi connectivity index (χ3n) is 4.92. The first-order valence-corrected chi connectivity index (χ1v) is 7.78. The zero-order chi connectivity index (χ0) is 13.3. The van der Waals surface area contributed by atoms with Crippen molar-refractivity contribution in [2.45, 2.75) is 58.3 Å². The molecular formula is C15H26ClNO. The number of carbonyl (C=O) groups excluding carboxylic acids is 1. The molecule has 1 heterocycles. The Bertz CT molecular complexity index is 316. The molecule has 1 saturated carbocycles. The van der Waals surface area contributed by atoms with Crippen molar-refractivity contribution < 1.29 is 4.79 Å². The number of amides is 1. The number of alkyl halides is 1. The normalized spacial score (nSPS) is 36.4. The molecular weight excluding hydrogens is 246 g/mol. The Morgan fingerprint density at radius 1 is 1.28 bits per heavy atom. The van der Waals surface area contributed by atoms with Crippen LogP contribution in [0.1, 0.15) is 52.9 Å². The van der Waals surface area contributed by atoms with Gasteiger partial charge in [-0.05, 0) is 30.6 Å². The summed E-state index contributed by atoms with van der Waals surface area (Å²) in [4.78, 5) is 14.8. The summed E-state index contributed by atoms with van der Waals surface area (Å²) in [6.07, 6.45) is 5.69. The van der Waals surface area contributed by atoms with Crippen molar-refractivity contribution in [2.24, 2.45) is 17.3 Å². The minimum absolute atomic E-state index is 0.177. The van der Waals surface area contributed by atoms with Crippen LogP contribution in [0, 0.1) is 17.3 Å². The molecule has 0 N–H and O–H groups in total. The minimum atomic E-state index is 0.177. The van der Waals surface area contributed by atoms with Gasteiger partial charge in [-0.15, -0.1) is 11.6 Å². The summed E-state index contributed by atoms with van der Waals surface area (Å²) in [5.41, 5.74) is 0.177. The fraction of sp³-hybridized carbons (Fsp3) is 0.933. The van der Waals surface area contributed by atoms with Crippen molar-refractivity contribution in [3.05, 3.63) is 0 Å². The maximum atomic E-state index is 12.7. The summed E-state index contributed by atoms with van der Waals surface area (Å²) in [5, 5.41) is 0.244. The Kier molecular flexibility index (Phi) is 4.25. The molecule has 3 heteroatoms. The van der Waals surface area contributed by atoms with Crippen molar-refractivity contribution in [1.29, 1.82) is 0 Å². The van der Waals surface area contributed by atoms with Gasteiger partial charge in [-0.3, -0.25) is 4.79 Å². The molecule has 0 aromatic rings. The predicted molar refractivity (Wildman–Crippen MR) is 75.7 cm³/mol. The lowest BCUT2D eigenvalue weighted by Crippen LogP contribution is -2.49. The van der Waals surface area contributed by atoms with Crippen molar-refractivity contribution in [3.63, 3.8) is 0 Å². The Morgan fingerprint density at radius 3 is 2.61 bits per heavy atom. The first-order chi connectivity index (χ1) is 8.42. The van der Waals surface area contributed by atoms with Gasteiger partial charge in [0.25, 0.3) is 0 Å². The van der Waals surface area contributed by atoms with Crippen molar-refractivity contribution in [3.8, 4) is 0 Å². The second kappa shape index (κ2) is 5.40. The summed E-state index contributed by atoms with van der Waals surface area (Å²) in [5.74, 6) is 1.04. The van der Waals surface area contributed by atoms with E-state index >= 15 is 0 Å². The number of rotatable bonds is 1. The molecule has 1 aliphatic heterocycles. The number of hydrogen-bond donors (Lipinski definition) is 0. The average Bonchev–Trinajstić information content (AvgIpc) is 2.31. The van der Waals surface area contributed by atoms with E-state index < -0.39 is 0 Å². The first-order valence-electron chi connectivity index (χ1n) is 7.34. The summed E-state index contributed by atoms with van der Waals surface area (Å²) in [7, 11) is 0. The van der Waals surface area contributed by atoms with E-state index in [1.54, 1.807) is 0 Å². The smallest absolute Gasteiger partial charge is 0.226 e. The van der Waals surface area contributed by atoms with Crippen molar-refractivity contribution >= 4 is 17.5 Å². The molecule has 3 unspecified atom stereocenters. The van der Waals surface area contributed by atoms with Gasteiger partial charge in [0.15, 0.2) is 0 Å². The van der Waals surface area contributed by atoms with E-state index in [4.69, 9.17) is 11.6 Å². The van der Waals surface area contributed by atoms with Crippen LogP contribution in [0.4, 0.5) is 0 Å². The number of piperidine rings is 1. The van der Waals surface area contributed by atoms with Crippen LogP contribution in [0.3, 0.4) is 0 Å². The molecule has 0 radical (unpaired) electrons. The average molecular weight is 272 g/mol. The molecule has 18 heavy (non-hydrogen) atoms. The highest BCUT2D eigenvalue weighted by Crippen LogP contribution is 2.42. The number of halogens is 1. The second-order valence-electron chi connectivity index (χ2n) is 6.85. The van der Waals surface area contributed by atoms with Gasteiger partial charge in [0.1, 0.15) is 0 Å². The molecule has 2 rings (SSSR count). The van der Waals surface area contributed by atoms with E-state index in [0.29, 0.717) is 11.8 Å². The van der Waals surface area contributed by atoms with Gasteiger partial charge in [0.2, 0.25) is 5.91 Å². The van der Waals surface area contributed by atoms with Gasteiger partial charge < -0.3 is 4.90 Å². The zero-order valence-electron chi connectivity index (χ0n) is 11.9. The maximum absolute atomic E-state index is 12.7. The maximum Gasteiger partial charge on any atom is 0.226 e. The molecule has 2 fully saturated rings. The van der Waals surface area contributed by atoms with Crippen LogP contribution in [0.15, 0.2) is 0 Å². The third-order valence-corrected chi connectivity index (χ3v) is 5.57. The molecule has 1 aliphatic carbocycles. The Morgan fingerprint density at radius 2 is 2.00 bits per heavy atom. The molecule has 0 aromatic carbocycles. The van der Waals surface area contributed by atoms with E-state index in [2.05, 4.69) is 25.7 Å². The quantitative estimate of drug-likeness (QED) is 0.666. The largest absolute Gasteiger partial charge is 0.342 e. The monoisotopic (exact) mass is 271 g/mol. The summed E-state index contributed by atoms with van der Waals surface area (Å²) < 4.78 is 0. The van der Waals surface area contributed by atoms with Gasteiger partial charge in [0, 0.05) is 24.4 Å². The summed E-state index contributed by atoms with van der Waals surface area (Å²) in [6.45, 7) is 8.37. The lowest BCUT2D eigenvalue weighted by molar-refractivity contribution is -0.142. The highest BCUT2D eigenvalue weighted by molar-refractivity contribution is 6.20. The number of nitrogens with zero attached hydrogens (tertiary/aromatic N) is 1. The fourth-order valence-corrected chi connectivity index (χ4v) is 3.67. The molecule has 0 bridgehead atoms. The van der Waals surface area contributed by atoms with Crippen LogP contribution in [-0.4, -0.2) is 29.3 Å². The SMILES string of the molecule is CC1CN(C(=O)C2CCCCC2(C)C)CCC1Cl. The molecule has 3 atom stereocenters. The standard InChI is InChI=1S/C15H26ClNO/c1-11-10-17(9-7-13(11)16)14(18)12-6-4-5-8-15(12,2)3/h11-13H,4-10H2,1-3H3. The van der Waals surface area contributed by atoms with Crippen molar-refractivity contribution in [1.82, 2.24) is 4.90 Å². The summed E-state index contributed by atoms with van der Waals surface area (Å²) in [6, 6.07) is 0. The van der Waals surface area contributed by atoms with Crippen LogP contribution in [0.5, 0.6) is 0 Å². The van der Waals surface area contributed by atoms with Crippen LogP contribution in [0.25, 0.3) is 0 Å². The highest BCUT2D eigenvalue weighted by Gasteiger charge is 2.40. The summed E-state index contributed by atoms with van der Waals surface area (Å²) >= 11 is 6.24. The van der Waals surface area contributed by atoms with Crippen LogP contribution in [0.2, 0.25) is 0 Å². The number of likely N-dealkylation sites (tertiary alicyclic amines) is 1. The van der Waals surface area contributed by atoms with Crippen LogP contribution < -0.4 is 0 Å². The lowest BCUT2D eigenvalue weighted by atomic mass is 9.68. The van der Waals surface area contributed by atoms with E-state index in [1.807, 2.05) is 0 Å². The first kappa shape index (κ1) is 14.2. The Hall–Kier alpha value is -0.240. The third kappa shape index (κ3) is 2.84.